The van der Waals surface area contributed by atoms with Crippen LogP contribution in [-0.2, 0) is 5.41 Å². The third kappa shape index (κ3) is 1.67. The van der Waals surface area contributed by atoms with Gasteiger partial charge in [-0.2, -0.15) is 0 Å². The van der Waals surface area contributed by atoms with Gasteiger partial charge in [0, 0.05) is 18.0 Å². The van der Waals surface area contributed by atoms with Crippen molar-refractivity contribution < 1.29 is 0 Å². The molecule has 1 aromatic rings. The predicted octanol–water partition coefficient (Wildman–Crippen LogP) is 1.54. The van der Waals surface area contributed by atoms with Gasteiger partial charge in [-0.05, 0) is 11.0 Å². The standard InChI is InChI=1S/C9H15N3/c1-9(2,3)6-5-12-8(11)4-7(6)10/h4-5H,1-3H3,(H4,10,11,12). The van der Waals surface area contributed by atoms with Gasteiger partial charge in [0.15, 0.2) is 0 Å². The van der Waals surface area contributed by atoms with Crippen molar-refractivity contribution >= 4 is 11.5 Å². The first-order valence-electron chi connectivity index (χ1n) is 3.93. The number of nitrogens with zero attached hydrogens (tertiary/aromatic N) is 1. The highest BCUT2D eigenvalue weighted by Gasteiger charge is 2.16. The van der Waals surface area contributed by atoms with E-state index in [4.69, 9.17) is 11.5 Å². The van der Waals surface area contributed by atoms with Gasteiger partial charge in [-0.3, -0.25) is 0 Å². The molecule has 1 heterocycles. The van der Waals surface area contributed by atoms with E-state index in [2.05, 4.69) is 25.8 Å². The summed E-state index contributed by atoms with van der Waals surface area (Å²) in [6.07, 6.45) is 1.74. The lowest BCUT2D eigenvalue weighted by atomic mass is 9.87. The molecule has 0 bridgehead atoms. The smallest absolute Gasteiger partial charge is 0.125 e. The Balaban J connectivity index is 3.19. The predicted molar refractivity (Wildman–Crippen MR) is 51.8 cm³/mol. The molecule has 66 valence electrons. The van der Waals surface area contributed by atoms with Gasteiger partial charge in [0.05, 0.1) is 0 Å². The van der Waals surface area contributed by atoms with Gasteiger partial charge in [-0.25, -0.2) is 4.98 Å². The van der Waals surface area contributed by atoms with Crippen LogP contribution in [0, 0.1) is 0 Å². The summed E-state index contributed by atoms with van der Waals surface area (Å²) in [5, 5.41) is 0. The number of hydrogen-bond acceptors (Lipinski definition) is 3. The summed E-state index contributed by atoms with van der Waals surface area (Å²) < 4.78 is 0. The monoisotopic (exact) mass is 165 g/mol. The van der Waals surface area contributed by atoms with Crippen molar-refractivity contribution in [1.29, 1.82) is 0 Å². The van der Waals surface area contributed by atoms with Gasteiger partial charge in [0.1, 0.15) is 5.82 Å². The van der Waals surface area contributed by atoms with Crippen LogP contribution < -0.4 is 11.5 Å². The number of anilines is 2. The quantitative estimate of drug-likeness (QED) is 0.613. The Morgan fingerprint density at radius 3 is 2.25 bits per heavy atom. The first kappa shape index (κ1) is 8.84. The fourth-order valence-electron chi connectivity index (χ4n) is 1.11. The van der Waals surface area contributed by atoms with Crippen LogP contribution in [0.1, 0.15) is 26.3 Å². The van der Waals surface area contributed by atoms with Crippen molar-refractivity contribution in [1.82, 2.24) is 4.98 Å². The number of nitrogens with two attached hydrogens (primary N) is 2. The molecule has 0 unspecified atom stereocenters. The van der Waals surface area contributed by atoms with Crippen LogP contribution in [0.3, 0.4) is 0 Å². The van der Waals surface area contributed by atoms with Gasteiger partial charge in [-0.1, -0.05) is 20.8 Å². The normalized spacial score (nSPS) is 11.6. The fourth-order valence-corrected chi connectivity index (χ4v) is 1.11. The maximum absolute atomic E-state index is 5.79. The second-order valence-corrected chi connectivity index (χ2v) is 3.95. The van der Waals surface area contributed by atoms with E-state index in [0.717, 1.165) is 11.3 Å². The molecule has 0 saturated heterocycles. The molecular formula is C9H15N3. The molecule has 0 radical (unpaired) electrons. The fraction of sp³-hybridized carbons (Fsp3) is 0.444. The van der Waals surface area contributed by atoms with Crippen molar-refractivity contribution in [2.24, 2.45) is 0 Å². The zero-order valence-corrected chi connectivity index (χ0v) is 7.76. The van der Waals surface area contributed by atoms with E-state index in [1.54, 1.807) is 12.3 Å². The van der Waals surface area contributed by atoms with Crippen molar-refractivity contribution in [3.8, 4) is 0 Å². The Morgan fingerprint density at radius 2 is 1.83 bits per heavy atom. The zero-order chi connectivity index (χ0) is 9.35. The zero-order valence-electron chi connectivity index (χ0n) is 7.76. The highest BCUT2D eigenvalue weighted by Crippen LogP contribution is 2.27. The van der Waals surface area contributed by atoms with E-state index < -0.39 is 0 Å². The van der Waals surface area contributed by atoms with Gasteiger partial charge < -0.3 is 11.5 Å². The minimum absolute atomic E-state index is 0.0325. The molecule has 0 spiro atoms. The summed E-state index contributed by atoms with van der Waals surface area (Å²) >= 11 is 0. The Labute approximate surface area is 72.8 Å². The van der Waals surface area contributed by atoms with Gasteiger partial charge in [0.25, 0.3) is 0 Å². The number of hydrogen-bond donors (Lipinski definition) is 2. The molecule has 0 amide bonds. The van der Waals surface area contributed by atoms with E-state index in [0.29, 0.717) is 5.82 Å². The van der Waals surface area contributed by atoms with Gasteiger partial charge >= 0.3 is 0 Å². The Morgan fingerprint density at radius 1 is 1.25 bits per heavy atom. The lowest BCUT2D eigenvalue weighted by Gasteiger charge is -2.20. The molecule has 0 aliphatic heterocycles. The summed E-state index contributed by atoms with van der Waals surface area (Å²) in [7, 11) is 0. The molecule has 12 heavy (non-hydrogen) atoms. The summed E-state index contributed by atoms with van der Waals surface area (Å²) in [6, 6.07) is 1.70. The number of pyridine rings is 1. The summed E-state index contributed by atoms with van der Waals surface area (Å²) in [5.74, 6) is 0.473. The molecule has 3 heteroatoms. The number of rotatable bonds is 0. The minimum atomic E-state index is 0.0325. The maximum Gasteiger partial charge on any atom is 0.125 e. The van der Waals surface area contributed by atoms with Crippen molar-refractivity contribution in [3.63, 3.8) is 0 Å². The molecule has 1 rings (SSSR count). The largest absolute Gasteiger partial charge is 0.398 e. The van der Waals surface area contributed by atoms with Gasteiger partial charge in [-0.15, -0.1) is 0 Å². The molecule has 4 N–H and O–H groups in total. The van der Waals surface area contributed by atoms with Crippen LogP contribution in [0.25, 0.3) is 0 Å². The van der Waals surface area contributed by atoms with Crippen LogP contribution in [0.5, 0.6) is 0 Å². The summed E-state index contributed by atoms with van der Waals surface area (Å²) in [5.41, 5.74) is 13.1. The molecule has 0 aliphatic carbocycles. The SMILES string of the molecule is CC(C)(C)c1cnc(N)cc1N. The lowest BCUT2D eigenvalue weighted by Crippen LogP contribution is -2.14. The molecule has 0 saturated carbocycles. The number of nitrogen functional groups attached to an aromatic ring is 2. The van der Waals surface area contributed by atoms with Crippen LogP contribution in [0.2, 0.25) is 0 Å². The van der Waals surface area contributed by atoms with Gasteiger partial charge in [0.2, 0.25) is 0 Å². The van der Waals surface area contributed by atoms with E-state index >= 15 is 0 Å². The Kier molecular flexibility index (Phi) is 1.96. The highest BCUT2D eigenvalue weighted by molar-refractivity contribution is 5.54. The van der Waals surface area contributed by atoms with Crippen LogP contribution >= 0.6 is 0 Å². The minimum Gasteiger partial charge on any atom is -0.398 e. The van der Waals surface area contributed by atoms with Crippen molar-refractivity contribution in [2.75, 3.05) is 11.5 Å². The molecule has 0 atom stereocenters. The second-order valence-electron chi connectivity index (χ2n) is 3.95. The highest BCUT2D eigenvalue weighted by atomic mass is 14.8. The topological polar surface area (TPSA) is 64.9 Å². The average Bonchev–Trinajstić information content (AvgIpc) is 1.83. The second kappa shape index (κ2) is 2.66. The molecule has 0 aromatic carbocycles. The molecule has 0 fully saturated rings. The van der Waals surface area contributed by atoms with Crippen LogP contribution in [0.4, 0.5) is 11.5 Å². The van der Waals surface area contributed by atoms with E-state index in [9.17, 15) is 0 Å². The third-order valence-corrected chi connectivity index (χ3v) is 1.77. The number of aromatic nitrogens is 1. The van der Waals surface area contributed by atoms with E-state index in [1.165, 1.54) is 0 Å². The Hall–Kier alpha value is -1.25. The Bertz CT molecular complexity index is 286. The molecule has 0 aliphatic rings. The first-order valence-corrected chi connectivity index (χ1v) is 3.93. The third-order valence-electron chi connectivity index (χ3n) is 1.77. The summed E-state index contributed by atoms with van der Waals surface area (Å²) in [6.45, 7) is 6.28. The maximum atomic E-state index is 5.79. The average molecular weight is 165 g/mol. The van der Waals surface area contributed by atoms with E-state index in [-0.39, 0.29) is 5.41 Å². The van der Waals surface area contributed by atoms with Crippen LogP contribution in [0.15, 0.2) is 12.3 Å². The summed E-state index contributed by atoms with van der Waals surface area (Å²) in [4.78, 5) is 4.00. The van der Waals surface area contributed by atoms with Crippen molar-refractivity contribution in [3.05, 3.63) is 17.8 Å². The van der Waals surface area contributed by atoms with Crippen molar-refractivity contribution in [2.45, 2.75) is 26.2 Å². The lowest BCUT2D eigenvalue weighted by molar-refractivity contribution is 0.590. The van der Waals surface area contributed by atoms with Crippen LogP contribution in [-0.4, -0.2) is 4.98 Å². The molecular weight excluding hydrogens is 150 g/mol. The molecule has 3 nitrogen and oxygen atoms in total. The first-order chi connectivity index (χ1) is 5.41. The van der Waals surface area contributed by atoms with E-state index in [1.807, 2.05) is 0 Å². The molecule has 1 aromatic heterocycles.